The van der Waals surface area contributed by atoms with E-state index in [2.05, 4.69) is 57.8 Å². The van der Waals surface area contributed by atoms with Crippen LogP contribution in [0.25, 0.3) is 15.5 Å². The lowest BCUT2D eigenvalue weighted by Crippen LogP contribution is -2.34. The molecular weight excluding hydrogens is 568 g/mol. The normalized spacial score (nSPS) is 10.8. The average molecular weight is 582 g/mol. The fraction of sp³-hybridized carbons (Fsp3) is 0.105. The van der Waals surface area contributed by atoms with Gasteiger partial charge in [-0.15, -0.1) is 10.2 Å². The summed E-state index contributed by atoms with van der Waals surface area (Å²) in [5, 5.41) is 19.3. The van der Waals surface area contributed by atoms with Crippen molar-refractivity contribution < 1.29 is 9.53 Å². The summed E-state index contributed by atoms with van der Waals surface area (Å²) in [6.45, 7) is 1.85. The second kappa shape index (κ2) is 8.99. The van der Waals surface area contributed by atoms with Crippen LogP contribution in [0, 0.1) is 6.92 Å². The van der Waals surface area contributed by atoms with Crippen LogP contribution in [0.5, 0.6) is 5.75 Å². The van der Waals surface area contributed by atoms with E-state index in [0.29, 0.717) is 21.5 Å². The molecule has 8 nitrogen and oxygen atoms in total. The number of benzene rings is 2. The van der Waals surface area contributed by atoms with Crippen LogP contribution in [0.3, 0.4) is 0 Å². The molecular formula is C19H14Br2N6O2S2. The Kier molecular flexibility index (Phi) is 6.32. The highest BCUT2D eigenvalue weighted by atomic mass is 79.9. The highest BCUT2D eigenvalue weighted by molar-refractivity contribution is 9.11. The minimum atomic E-state index is -0.392. The van der Waals surface area contributed by atoms with Gasteiger partial charge in [0.15, 0.2) is 10.9 Å². The number of halogens is 2. The number of carbonyl (C=O) groups is 1. The van der Waals surface area contributed by atoms with Gasteiger partial charge < -0.3 is 10.1 Å². The third-order valence-corrected chi connectivity index (χ3v) is 6.40. The maximum absolute atomic E-state index is 12.7. The molecule has 0 fully saturated rings. The highest BCUT2D eigenvalue weighted by Gasteiger charge is 2.18. The molecule has 4 rings (SSSR count). The Labute approximate surface area is 203 Å². The van der Waals surface area contributed by atoms with Crippen molar-refractivity contribution in [2.24, 2.45) is 0 Å². The lowest BCUT2D eigenvalue weighted by molar-refractivity contribution is 0.0974. The van der Waals surface area contributed by atoms with Crippen LogP contribution < -0.4 is 15.4 Å². The van der Waals surface area contributed by atoms with Gasteiger partial charge in [0.2, 0.25) is 4.96 Å². The number of nitrogens with one attached hydrogen (secondary N) is 2. The van der Waals surface area contributed by atoms with Gasteiger partial charge in [0, 0.05) is 15.7 Å². The third-order valence-electron chi connectivity index (χ3n) is 4.20. The number of thiocarbonyl (C=S) groups is 1. The fourth-order valence-corrected chi connectivity index (χ4v) is 5.31. The first-order chi connectivity index (χ1) is 14.9. The van der Waals surface area contributed by atoms with E-state index < -0.39 is 5.91 Å². The number of anilines is 1. The highest BCUT2D eigenvalue weighted by Crippen LogP contribution is 2.32. The van der Waals surface area contributed by atoms with Crippen molar-refractivity contribution in [1.29, 1.82) is 0 Å². The summed E-state index contributed by atoms with van der Waals surface area (Å²) in [7, 11) is 1.50. The van der Waals surface area contributed by atoms with Crippen molar-refractivity contribution in [3.8, 4) is 16.3 Å². The lowest BCUT2D eigenvalue weighted by Gasteiger charge is -2.13. The second-order valence-corrected chi connectivity index (χ2v) is 9.44. The van der Waals surface area contributed by atoms with Gasteiger partial charge in [-0.05, 0) is 59.3 Å². The minimum absolute atomic E-state index is 0.161. The lowest BCUT2D eigenvalue weighted by atomic mass is 10.2. The molecule has 0 spiro atoms. The molecule has 158 valence electrons. The zero-order valence-electron chi connectivity index (χ0n) is 16.1. The molecule has 1 amide bonds. The summed E-state index contributed by atoms with van der Waals surface area (Å²) in [6, 6.07) is 11.0. The number of hydrogen-bond acceptors (Lipinski definition) is 7. The van der Waals surface area contributed by atoms with Crippen LogP contribution in [0.4, 0.5) is 5.69 Å². The molecule has 2 aromatic carbocycles. The quantitative estimate of drug-likeness (QED) is 0.334. The van der Waals surface area contributed by atoms with Gasteiger partial charge >= 0.3 is 0 Å². The topological polar surface area (TPSA) is 93.4 Å². The Hall–Kier alpha value is -2.41. The van der Waals surface area contributed by atoms with Crippen LogP contribution in [-0.4, -0.2) is 37.9 Å². The Morgan fingerprint density at radius 3 is 2.77 bits per heavy atom. The van der Waals surface area contributed by atoms with Crippen molar-refractivity contribution in [3.63, 3.8) is 0 Å². The molecule has 12 heteroatoms. The second-order valence-electron chi connectivity index (χ2n) is 6.31. The van der Waals surface area contributed by atoms with E-state index in [-0.39, 0.29) is 5.11 Å². The third kappa shape index (κ3) is 4.61. The number of aromatic nitrogens is 4. The monoisotopic (exact) mass is 580 g/mol. The van der Waals surface area contributed by atoms with E-state index in [4.69, 9.17) is 17.0 Å². The Bertz CT molecular complexity index is 1320. The van der Waals surface area contributed by atoms with Gasteiger partial charge in [-0.25, -0.2) is 0 Å². The van der Waals surface area contributed by atoms with Crippen molar-refractivity contribution in [3.05, 3.63) is 56.7 Å². The van der Waals surface area contributed by atoms with Gasteiger partial charge in [-0.2, -0.15) is 9.61 Å². The van der Waals surface area contributed by atoms with E-state index in [9.17, 15) is 4.79 Å². The van der Waals surface area contributed by atoms with E-state index in [1.807, 2.05) is 31.2 Å². The summed E-state index contributed by atoms with van der Waals surface area (Å²) >= 11 is 13.5. The first-order valence-electron chi connectivity index (χ1n) is 8.80. The summed E-state index contributed by atoms with van der Waals surface area (Å²) in [4.78, 5) is 13.5. The molecule has 0 saturated heterocycles. The number of fused-ring (bicyclic) bond motifs is 1. The summed E-state index contributed by atoms with van der Waals surface area (Å²) in [6.07, 6.45) is 0. The van der Waals surface area contributed by atoms with Crippen LogP contribution in [0.15, 0.2) is 45.3 Å². The Balaban J connectivity index is 1.50. The van der Waals surface area contributed by atoms with E-state index >= 15 is 0 Å². The standard InChI is InChI=1S/C19H14Br2N6O2S2/c1-9-24-25-19-27(9)26-17(31-19)10-4-3-5-12(6-10)22-18(30)23-16(28)13-7-11(20)8-14(21)15(13)29-2/h3-8H,1-2H3,(H2,22,23,28,30). The molecule has 0 unspecified atom stereocenters. The number of hydrogen-bond donors (Lipinski definition) is 2. The van der Waals surface area contributed by atoms with Gasteiger partial charge in [-0.1, -0.05) is 39.4 Å². The molecule has 0 aliphatic heterocycles. The van der Waals surface area contributed by atoms with Crippen LogP contribution >= 0.6 is 55.4 Å². The van der Waals surface area contributed by atoms with Crippen molar-refractivity contribution in [1.82, 2.24) is 25.1 Å². The molecule has 2 N–H and O–H groups in total. The molecule has 0 aliphatic rings. The number of nitrogens with zero attached hydrogens (tertiary/aromatic N) is 4. The maximum atomic E-state index is 12.7. The zero-order chi connectivity index (χ0) is 22.1. The largest absolute Gasteiger partial charge is 0.495 e. The maximum Gasteiger partial charge on any atom is 0.261 e. The average Bonchev–Trinajstić information content (AvgIpc) is 3.29. The first kappa shape index (κ1) is 21.8. The van der Waals surface area contributed by atoms with Crippen LogP contribution in [-0.2, 0) is 0 Å². The molecule has 2 heterocycles. The van der Waals surface area contributed by atoms with E-state index in [1.54, 1.807) is 16.6 Å². The summed E-state index contributed by atoms with van der Waals surface area (Å²) in [5.74, 6) is 0.756. The first-order valence-corrected chi connectivity index (χ1v) is 11.6. The Morgan fingerprint density at radius 1 is 1.23 bits per heavy atom. The molecule has 0 aliphatic carbocycles. The fourth-order valence-electron chi connectivity index (χ4n) is 2.83. The van der Waals surface area contributed by atoms with Crippen molar-refractivity contribution in [2.45, 2.75) is 6.92 Å². The van der Waals surface area contributed by atoms with Crippen molar-refractivity contribution in [2.75, 3.05) is 12.4 Å². The molecule has 2 aromatic heterocycles. The predicted octanol–water partition coefficient (Wildman–Crippen LogP) is 4.82. The summed E-state index contributed by atoms with van der Waals surface area (Å²) in [5.41, 5.74) is 1.95. The molecule has 31 heavy (non-hydrogen) atoms. The number of aryl methyl sites for hydroxylation is 1. The molecule has 0 saturated carbocycles. The molecule has 4 aromatic rings. The SMILES string of the molecule is COc1c(Br)cc(Br)cc1C(=O)NC(=S)Nc1cccc(-c2nn3c(C)nnc3s2)c1. The van der Waals surface area contributed by atoms with Crippen LogP contribution in [0.2, 0.25) is 0 Å². The molecule has 0 atom stereocenters. The van der Waals surface area contributed by atoms with Gasteiger partial charge in [0.25, 0.3) is 5.91 Å². The predicted molar refractivity (Wildman–Crippen MR) is 131 cm³/mol. The molecule has 0 bridgehead atoms. The van der Waals surface area contributed by atoms with E-state index in [0.717, 1.165) is 25.8 Å². The minimum Gasteiger partial charge on any atom is -0.495 e. The van der Waals surface area contributed by atoms with E-state index in [1.165, 1.54) is 18.4 Å². The van der Waals surface area contributed by atoms with Gasteiger partial charge in [0.05, 0.1) is 17.1 Å². The van der Waals surface area contributed by atoms with Crippen molar-refractivity contribution >= 4 is 77.1 Å². The van der Waals surface area contributed by atoms with Gasteiger partial charge in [0.1, 0.15) is 10.8 Å². The zero-order valence-corrected chi connectivity index (χ0v) is 20.9. The summed E-state index contributed by atoms with van der Waals surface area (Å²) < 4.78 is 8.42. The number of rotatable bonds is 4. The number of amides is 1. The Morgan fingerprint density at radius 2 is 2.03 bits per heavy atom. The van der Waals surface area contributed by atoms with Gasteiger partial charge in [-0.3, -0.25) is 10.1 Å². The van der Waals surface area contributed by atoms with Crippen LogP contribution in [0.1, 0.15) is 16.2 Å². The number of methoxy groups -OCH3 is 1. The number of ether oxygens (including phenoxy) is 1. The smallest absolute Gasteiger partial charge is 0.261 e. The molecule has 0 radical (unpaired) electrons. The number of carbonyl (C=O) groups excluding carboxylic acids is 1.